The van der Waals surface area contributed by atoms with Gasteiger partial charge < -0.3 is 5.32 Å². The van der Waals surface area contributed by atoms with Gasteiger partial charge in [-0.1, -0.05) is 12.2 Å². The SMILES string of the molecule is CS(=O)(=O)CCNC1C=CCCC1. The molecule has 0 aromatic rings. The van der Waals surface area contributed by atoms with E-state index in [4.69, 9.17) is 0 Å². The Morgan fingerprint density at radius 2 is 2.31 bits per heavy atom. The lowest BCUT2D eigenvalue weighted by atomic mass is 10.0. The molecule has 13 heavy (non-hydrogen) atoms. The molecule has 0 radical (unpaired) electrons. The fourth-order valence-electron chi connectivity index (χ4n) is 1.41. The van der Waals surface area contributed by atoms with Crippen LogP contribution in [-0.2, 0) is 9.84 Å². The van der Waals surface area contributed by atoms with Crippen molar-refractivity contribution in [3.05, 3.63) is 12.2 Å². The molecule has 3 nitrogen and oxygen atoms in total. The van der Waals surface area contributed by atoms with Crippen molar-refractivity contribution in [1.29, 1.82) is 0 Å². The zero-order valence-electron chi connectivity index (χ0n) is 7.99. The predicted octanol–water partition coefficient (Wildman–Crippen LogP) is 0.729. The molecule has 1 aliphatic carbocycles. The quantitative estimate of drug-likeness (QED) is 0.685. The summed E-state index contributed by atoms with van der Waals surface area (Å²) in [6, 6.07) is 0.385. The van der Waals surface area contributed by atoms with E-state index in [1.54, 1.807) is 0 Å². The fourth-order valence-corrected chi connectivity index (χ4v) is 1.90. The first kappa shape index (κ1) is 10.7. The Labute approximate surface area is 80.1 Å². The molecule has 1 N–H and O–H groups in total. The second-order valence-corrected chi connectivity index (χ2v) is 5.81. The Bertz CT molecular complexity index is 269. The van der Waals surface area contributed by atoms with Gasteiger partial charge in [-0.3, -0.25) is 0 Å². The average Bonchev–Trinajstić information content (AvgIpc) is 2.04. The van der Waals surface area contributed by atoms with Gasteiger partial charge in [0.1, 0.15) is 9.84 Å². The standard InChI is InChI=1S/C9H17NO2S/c1-13(11,12)8-7-10-9-5-3-2-4-6-9/h3,5,9-10H,2,4,6-8H2,1H3. The van der Waals surface area contributed by atoms with E-state index in [2.05, 4.69) is 17.5 Å². The van der Waals surface area contributed by atoms with E-state index in [1.807, 2.05) is 0 Å². The Hall–Kier alpha value is -0.350. The maximum Gasteiger partial charge on any atom is 0.148 e. The monoisotopic (exact) mass is 203 g/mol. The Morgan fingerprint density at radius 3 is 2.85 bits per heavy atom. The number of allylic oxidation sites excluding steroid dienone is 1. The first-order chi connectivity index (χ1) is 6.08. The summed E-state index contributed by atoms with van der Waals surface area (Å²) in [5.41, 5.74) is 0. The third-order valence-corrected chi connectivity index (χ3v) is 3.08. The van der Waals surface area contributed by atoms with Crippen molar-refractivity contribution in [2.75, 3.05) is 18.6 Å². The van der Waals surface area contributed by atoms with E-state index in [1.165, 1.54) is 12.7 Å². The average molecular weight is 203 g/mol. The molecule has 1 atom stereocenters. The van der Waals surface area contributed by atoms with E-state index in [-0.39, 0.29) is 5.75 Å². The summed E-state index contributed by atoms with van der Waals surface area (Å²) in [6.45, 7) is 0.563. The van der Waals surface area contributed by atoms with Crippen LogP contribution in [0.4, 0.5) is 0 Å². The molecule has 1 rings (SSSR count). The van der Waals surface area contributed by atoms with E-state index in [9.17, 15) is 8.42 Å². The summed E-state index contributed by atoms with van der Waals surface area (Å²) in [4.78, 5) is 0. The molecule has 0 bridgehead atoms. The molecule has 0 amide bonds. The summed E-state index contributed by atoms with van der Waals surface area (Å²) < 4.78 is 21.6. The molecule has 4 heteroatoms. The second-order valence-electron chi connectivity index (χ2n) is 3.55. The van der Waals surface area contributed by atoms with Gasteiger partial charge in [0, 0.05) is 18.8 Å². The minimum Gasteiger partial charge on any atom is -0.310 e. The zero-order chi connectivity index (χ0) is 9.73. The lowest BCUT2D eigenvalue weighted by Crippen LogP contribution is -2.32. The van der Waals surface area contributed by atoms with Crippen LogP contribution in [0.5, 0.6) is 0 Å². The molecule has 1 aliphatic rings. The highest BCUT2D eigenvalue weighted by molar-refractivity contribution is 7.90. The van der Waals surface area contributed by atoms with Crippen molar-refractivity contribution in [1.82, 2.24) is 5.32 Å². The largest absolute Gasteiger partial charge is 0.310 e. The van der Waals surface area contributed by atoms with Crippen LogP contribution in [-0.4, -0.2) is 33.0 Å². The maximum absolute atomic E-state index is 10.8. The topological polar surface area (TPSA) is 46.2 Å². The molecule has 1 unspecified atom stereocenters. The summed E-state index contributed by atoms with van der Waals surface area (Å²) >= 11 is 0. The molecule has 0 saturated carbocycles. The fraction of sp³-hybridized carbons (Fsp3) is 0.778. The van der Waals surface area contributed by atoms with Crippen LogP contribution in [0.15, 0.2) is 12.2 Å². The maximum atomic E-state index is 10.8. The third kappa shape index (κ3) is 5.05. The van der Waals surface area contributed by atoms with Crippen molar-refractivity contribution in [3.8, 4) is 0 Å². The third-order valence-electron chi connectivity index (χ3n) is 2.13. The van der Waals surface area contributed by atoms with E-state index in [0.717, 1.165) is 12.8 Å². The number of hydrogen-bond donors (Lipinski definition) is 1. The lowest BCUT2D eigenvalue weighted by molar-refractivity contribution is 0.533. The van der Waals surface area contributed by atoms with Crippen molar-refractivity contribution < 1.29 is 8.42 Å². The predicted molar refractivity (Wildman–Crippen MR) is 54.5 cm³/mol. The van der Waals surface area contributed by atoms with Gasteiger partial charge in [0.15, 0.2) is 0 Å². The first-order valence-electron chi connectivity index (χ1n) is 4.66. The van der Waals surface area contributed by atoms with Crippen LogP contribution in [0.2, 0.25) is 0 Å². The minimum absolute atomic E-state index is 0.233. The summed E-state index contributed by atoms with van der Waals surface area (Å²) in [5.74, 6) is 0.233. The van der Waals surface area contributed by atoms with E-state index < -0.39 is 9.84 Å². The number of nitrogens with one attached hydrogen (secondary N) is 1. The molecular weight excluding hydrogens is 186 g/mol. The number of hydrogen-bond acceptors (Lipinski definition) is 3. The van der Waals surface area contributed by atoms with Gasteiger partial charge in [0.25, 0.3) is 0 Å². The van der Waals surface area contributed by atoms with Gasteiger partial charge in [-0.05, 0) is 19.3 Å². The van der Waals surface area contributed by atoms with Crippen LogP contribution < -0.4 is 5.32 Å². The van der Waals surface area contributed by atoms with Crippen LogP contribution in [0.25, 0.3) is 0 Å². The van der Waals surface area contributed by atoms with Crippen molar-refractivity contribution in [2.24, 2.45) is 0 Å². The Kier molecular flexibility index (Phi) is 3.93. The van der Waals surface area contributed by atoms with Gasteiger partial charge in [0.05, 0.1) is 5.75 Å². The van der Waals surface area contributed by atoms with Gasteiger partial charge >= 0.3 is 0 Å². The van der Waals surface area contributed by atoms with Crippen LogP contribution in [0.1, 0.15) is 19.3 Å². The molecule has 0 spiro atoms. The molecule has 0 saturated heterocycles. The van der Waals surface area contributed by atoms with E-state index in [0.29, 0.717) is 12.6 Å². The van der Waals surface area contributed by atoms with Gasteiger partial charge in [-0.15, -0.1) is 0 Å². The second kappa shape index (κ2) is 4.77. The van der Waals surface area contributed by atoms with E-state index >= 15 is 0 Å². The molecular formula is C9H17NO2S. The number of sulfone groups is 1. The molecule has 0 aliphatic heterocycles. The molecule has 0 heterocycles. The highest BCUT2D eigenvalue weighted by atomic mass is 32.2. The van der Waals surface area contributed by atoms with Crippen LogP contribution in [0.3, 0.4) is 0 Å². The molecule has 0 aromatic heterocycles. The minimum atomic E-state index is -2.81. The highest BCUT2D eigenvalue weighted by Gasteiger charge is 2.08. The number of rotatable bonds is 4. The summed E-state index contributed by atoms with van der Waals surface area (Å²) in [6.07, 6.45) is 9.04. The van der Waals surface area contributed by atoms with Crippen molar-refractivity contribution >= 4 is 9.84 Å². The van der Waals surface area contributed by atoms with Crippen molar-refractivity contribution in [2.45, 2.75) is 25.3 Å². The summed E-state index contributed by atoms with van der Waals surface area (Å²) in [7, 11) is -2.81. The van der Waals surface area contributed by atoms with Crippen molar-refractivity contribution in [3.63, 3.8) is 0 Å². The van der Waals surface area contributed by atoms with Gasteiger partial charge in [-0.25, -0.2) is 8.42 Å². The van der Waals surface area contributed by atoms with Gasteiger partial charge in [0.2, 0.25) is 0 Å². The zero-order valence-corrected chi connectivity index (χ0v) is 8.81. The highest BCUT2D eigenvalue weighted by Crippen LogP contribution is 2.09. The lowest BCUT2D eigenvalue weighted by Gasteiger charge is -2.17. The molecule has 0 aromatic carbocycles. The first-order valence-corrected chi connectivity index (χ1v) is 6.72. The molecule has 0 fully saturated rings. The smallest absolute Gasteiger partial charge is 0.148 e. The normalized spacial score (nSPS) is 23.3. The Morgan fingerprint density at radius 1 is 1.54 bits per heavy atom. The Balaban J connectivity index is 2.19. The van der Waals surface area contributed by atoms with Gasteiger partial charge in [-0.2, -0.15) is 0 Å². The van der Waals surface area contributed by atoms with Crippen LogP contribution in [0, 0.1) is 0 Å². The molecule has 76 valence electrons. The van der Waals surface area contributed by atoms with Crippen LogP contribution >= 0.6 is 0 Å². The summed E-state index contributed by atoms with van der Waals surface area (Å²) in [5, 5.41) is 3.21.